The molecule has 1 spiro atoms. The fourth-order valence-corrected chi connectivity index (χ4v) is 3.15. The molecule has 98 valence electrons. The van der Waals surface area contributed by atoms with Crippen molar-refractivity contribution in [3.63, 3.8) is 0 Å². The van der Waals surface area contributed by atoms with Crippen molar-refractivity contribution in [3.8, 4) is 5.75 Å². The van der Waals surface area contributed by atoms with Gasteiger partial charge >= 0.3 is 0 Å². The summed E-state index contributed by atoms with van der Waals surface area (Å²) in [5.74, 6) is 0.560. The third-order valence-electron chi connectivity index (χ3n) is 4.19. The smallest absolute Gasteiger partial charge is 0.168 e. The number of aryl methyl sites for hydroxylation is 1. The van der Waals surface area contributed by atoms with E-state index in [1.54, 1.807) is 0 Å². The predicted octanol–water partition coefficient (Wildman–Crippen LogP) is 3.10. The standard InChI is InChI=1S/C15H20O3/c1-11-2-3-13(14(16)10-11)12-4-6-15(7-5-12)17-8-9-18-15/h2-3,10,12,16H,4-9H2,1H3. The molecule has 1 heterocycles. The minimum absolute atomic E-state index is 0.309. The number of phenolic OH excluding ortho intramolecular Hbond substituents is 1. The zero-order valence-electron chi connectivity index (χ0n) is 10.8. The van der Waals surface area contributed by atoms with Crippen LogP contribution < -0.4 is 0 Å². The molecule has 0 aromatic heterocycles. The monoisotopic (exact) mass is 248 g/mol. The van der Waals surface area contributed by atoms with Crippen LogP contribution in [-0.4, -0.2) is 24.1 Å². The number of aromatic hydroxyl groups is 1. The van der Waals surface area contributed by atoms with E-state index < -0.39 is 0 Å². The van der Waals surface area contributed by atoms with Crippen LogP contribution in [-0.2, 0) is 9.47 Å². The van der Waals surface area contributed by atoms with E-state index in [1.165, 1.54) is 0 Å². The van der Waals surface area contributed by atoms with Gasteiger partial charge in [0.25, 0.3) is 0 Å². The van der Waals surface area contributed by atoms with Crippen LogP contribution in [0.15, 0.2) is 18.2 Å². The van der Waals surface area contributed by atoms with Gasteiger partial charge in [-0.15, -0.1) is 0 Å². The molecule has 0 bridgehead atoms. The molecule has 3 nitrogen and oxygen atoms in total. The molecule has 1 saturated carbocycles. The Labute approximate surface area is 108 Å². The van der Waals surface area contributed by atoms with E-state index in [9.17, 15) is 5.11 Å². The first-order chi connectivity index (χ1) is 8.69. The molecular weight excluding hydrogens is 228 g/mol. The first-order valence-corrected chi connectivity index (χ1v) is 6.76. The Hall–Kier alpha value is -1.06. The molecule has 1 N–H and O–H groups in total. The van der Waals surface area contributed by atoms with Crippen molar-refractivity contribution in [2.45, 2.75) is 44.3 Å². The molecule has 2 aliphatic rings. The zero-order chi connectivity index (χ0) is 12.6. The van der Waals surface area contributed by atoms with E-state index >= 15 is 0 Å². The maximum absolute atomic E-state index is 10.0. The van der Waals surface area contributed by atoms with Crippen molar-refractivity contribution < 1.29 is 14.6 Å². The van der Waals surface area contributed by atoms with Crippen LogP contribution in [0.25, 0.3) is 0 Å². The van der Waals surface area contributed by atoms with Gasteiger partial charge in [0.05, 0.1) is 13.2 Å². The summed E-state index contributed by atoms with van der Waals surface area (Å²) in [5, 5.41) is 10.0. The van der Waals surface area contributed by atoms with Crippen molar-refractivity contribution in [2.75, 3.05) is 13.2 Å². The summed E-state index contributed by atoms with van der Waals surface area (Å²) >= 11 is 0. The van der Waals surface area contributed by atoms with Crippen molar-refractivity contribution >= 4 is 0 Å². The normalized spacial score (nSPS) is 23.6. The minimum atomic E-state index is -0.309. The van der Waals surface area contributed by atoms with Crippen LogP contribution in [0.5, 0.6) is 5.75 Å². The first kappa shape index (κ1) is 12.0. The van der Waals surface area contributed by atoms with Gasteiger partial charge in [0.1, 0.15) is 5.75 Å². The van der Waals surface area contributed by atoms with Crippen LogP contribution >= 0.6 is 0 Å². The van der Waals surface area contributed by atoms with Gasteiger partial charge in [0.15, 0.2) is 5.79 Å². The van der Waals surface area contributed by atoms with Gasteiger partial charge in [-0.05, 0) is 42.9 Å². The Morgan fingerprint density at radius 2 is 1.83 bits per heavy atom. The van der Waals surface area contributed by atoms with Crippen molar-refractivity contribution in [1.29, 1.82) is 0 Å². The quantitative estimate of drug-likeness (QED) is 0.830. The third kappa shape index (κ3) is 2.13. The van der Waals surface area contributed by atoms with Gasteiger partial charge < -0.3 is 14.6 Å². The van der Waals surface area contributed by atoms with Gasteiger partial charge in [0, 0.05) is 12.8 Å². The zero-order valence-corrected chi connectivity index (χ0v) is 10.8. The molecule has 1 saturated heterocycles. The number of ether oxygens (including phenoxy) is 2. The predicted molar refractivity (Wildman–Crippen MR) is 68.7 cm³/mol. The summed E-state index contributed by atoms with van der Waals surface area (Å²) in [6, 6.07) is 5.98. The van der Waals surface area contributed by atoms with Crippen LogP contribution in [0.3, 0.4) is 0 Å². The summed E-state index contributed by atoms with van der Waals surface area (Å²) in [4.78, 5) is 0. The van der Waals surface area contributed by atoms with Gasteiger partial charge in [-0.1, -0.05) is 12.1 Å². The topological polar surface area (TPSA) is 38.7 Å². The van der Waals surface area contributed by atoms with Crippen LogP contribution in [0.1, 0.15) is 42.7 Å². The summed E-state index contributed by atoms with van der Waals surface area (Å²) in [7, 11) is 0. The molecule has 18 heavy (non-hydrogen) atoms. The van der Waals surface area contributed by atoms with Crippen molar-refractivity contribution in [1.82, 2.24) is 0 Å². The summed E-state index contributed by atoms with van der Waals surface area (Å²) < 4.78 is 11.5. The molecule has 0 atom stereocenters. The van der Waals surface area contributed by atoms with E-state index in [4.69, 9.17) is 9.47 Å². The average molecular weight is 248 g/mol. The number of hydrogen-bond acceptors (Lipinski definition) is 3. The van der Waals surface area contributed by atoms with Gasteiger partial charge in [-0.25, -0.2) is 0 Å². The minimum Gasteiger partial charge on any atom is -0.508 e. The highest BCUT2D eigenvalue weighted by Crippen LogP contribution is 2.44. The lowest BCUT2D eigenvalue weighted by Gasteiger charge is -2.35. The fraction of sp³-hybridized carbons (Fsp3) is 0.600. The lowest BCUT2D eigenvalue weighted by atomic mass is 9.80. The number of rotatable bonds is 1. The van der Waals surface area contributed by atoms with E-state index in [1.807, 2.05) is 13.0 Å². The fourth-order valence-electron chi connectivity index (χ4n) is 3.15. The maximum Gasteiger partial charge on any atom is 0.168 e. The molecule has 0 radical (unpaired) electrons. The third-order valence-corrected chi connectivity index (χ3v) is 4.19. The lowest BCUT2D eigenvalue weighted by molar-refractivity contribution is -0.178. The largest absolute Gasteiger partial charge is 0.508 e. The SMILES string of the molecule is Cc1ccc(C2CCC3(CC2)OCCO3)c(O)c1. The molecular formula is C15H20O3. The maximum atomic E-state index is 10.0. The molecule has 1 aromatic rings. The van der Waals surface area contributed by atoms with Crippen molar-refractivity contribution in [3.05, 3.63) is 29.3 Å². The Kier molecular flexibility index (Phi) is 3.04. The molecule has 1 aliphatic heterocycles. The molecule has 3 heteroatoms. The van der Waals surface area contributed by atoms with Crippen LogP contribution in [0, 0.1) is 6.92 Å². The second-order valence-corrected chi connectivity index (χ2v) is 5.44. The van der Waals surface area contributed by atoms with Crippen LogP contribution in [0.2, 0.25) is 0 Å². The van der Waals surface area contributed by atoms with E-state index in [2.05, 4.69) is 12.1 Å². The van der Waals surface area contributed by atoms with E-state index in [0.29, 0.717) is 11.7 Å². The van der Waals surface area contributed by atoms with Crippen molar-refractivity contribution in [2.24, 2.45) is 0 Å². The number of hydrogen-bond donors (Lipinski definition) is 1. The molecule has 0 unspecified atom stereocenters. The highest BCUT2D eigenvalue weighted by Gasteiger charge is 2.40. The summed E-state index contributed by atoms with van der Waals surface area (Å²) in [6.07, 6.45) is 3.92. The Balaban J connectivity index is 1.72. The van der Waals surface area contributed by atoms with E-state index in [0.717, 1.165) is 50.0 Å². The van der Waals surface area contributed by atoms with Crippen LogP contribution in [0.4, 0.5) is 0 Å². The molecule has 1 aliphatic carbocycles. The second kappa shape index (κ2) is 4.56. The molecule has 1 aromatic carbocycles. The summed E-state index contributed by atoms with van der Waals surface area (Å²) in [5.41, 5.74) is 2.18. The van der Waals surface area contributed by atoms with Gasteiger partial charge in [-0.2, -0.15) is 0 Å². The Morgan fingerprint density at radius 3 is 2.44 bits per heavy atom. The molecule has 0 amide bonds. The highest BCUT2D eigenvalue weighted by atomic mass is 16.7. The Morgan fingerprint density at radius 1 is 1.17 bits per heavy atom. The lowest BCUT2D eigenvalue weighted by Crippen LogP contribution is -2.34. The van der Waals surface area contributed by atoms with Gasteiger partial charge in [-0.3, -0.25) is 0 Å². The molecule has 3 rings (SSSR count). The highest BCUT2D eigenvalue weighted by molar-refractivity contribution is 5.38. The van der Waals surface area contributed by atoms with E-state index in [-0.39, 0.29) is 5.79 Å². The number of benzene rings is 1. The number of phenols is 1. The first-order valence-electron chi connectivity index (χ1n) is 6.76. The average Bonchev–Trinajstić information content (AvgIpc) is 2.80. The second-order valence-electron chi connectivity index (χ2n) is 5.44. The van der Waals surface area contributed by atoms with Gasteiger partial charge in [0.2, 0.25) is 0 Å². The Bertz CT molecular complexity index is 425. The summed E-state index contributed by atoms with van der Waals surface area (Å²) in [6.45, 7) is 3.44. The molecule has 2 fully saturated rings.